The van der Waals surface area contributed by atoms with Crippen LogP contribution in [-0.2, 0) is 18.7 Å². The van der Waals surface area contributed by atoms with E-state index in [-0.39, 0.29) is 70.6 Å². The molecule has 0 spiro atoms. The van der Waals surface area contributed by atoms with Crippen LogP contribution in [0, 0.1) is 13.8 Å². The molecule has 0 saturated carbocycles. The van der Waals surface area contributed by atoms with Crippen LogP contribution in [0.1, 0.15) is 11.1 Å². The van der Waals surface area contributed by atoms with Gasteiger partial charge in [0.15, 0.2) is 5.75 Å². The van der Waals surface area contributed by atoms with Gasteiger partial charge in [0, 0.05) is 20.6 Å². The molecular weight excluding hydrogens is 466 g/mol. The van der Waals surface area contributed by atoms with Crippen molar-refractivity contribution in [3.63, 3.8) is 0 Å². The Morgan fingerprint density at radius 3 is 1.97 bits per heavy atom. The Hall–Kier alpha value is -0.220. The fourth-order valence-electron chi connectivity index (χ4n) is 2.69. The predicted molar refractivity (Wildman–Crippen MR) is 102 cm³/mol. The molecule has 0 heterocycles. The summed E-state index contributed by atoms with van der Waals surface area (Å²) in [4.78, 5) is 1.14. The minimum absolute atomic E-state index is 0. The van der Waals surface area contributed by atoms with E-state index in [1.807, 2.05) is 19.9 Å². The standard InChI is InChI=1S/C18H16N2O7S2.2Na/c1-10-7-11(2)16(28-26-24-22)8-14(10)19-20-15-9-17(29-27-25-23)12-5-3-4-6-13(12)18(15)21;;/h3-9,21-23H,1-2H3;;/q;2*+1/p-2. The minimum Gasteiger partial charge on any atom is -0.691 e. The second-order valence-electron chi connectivity index (χ2n) is 5.83. The normalized spacial score (nSPS) is 10.8. The molecule has 9 nitrogen and oxygen atoms in total. The van der Waals surface area contributed by atoms with Gasteiger partial charge in [-0.1, -0.05) is 30.3 Å². The molecule has 0 amide bonds. The van der Waals surface area contributed by atoms with Gasteiger partial charge in [-0.3, -0.25) is 10.1 Å². The van der Waals surface area contributed by atoms with Gasteiger partial charge in [0.2, 0.25) is 0 Å². The molecule has 0 fully saturated rings. The minimum atomic E-state index is -0.0702. The van der Waals surface area contributed by atoms with Crippen LogP contribution >= 0.6 is 24.1 Å². The van der Waals surface area contributed by atoms with E-state index in [0.29, 0.717) is 38.3 Å². The Bertz CT molecular complexity index is 1060. The zero-order valence-electron chi connectivity index (χ0n) is 17.1. The molecule has 0 aliphatic rings. The zero-order valence-corrected chi connectivity index (χ0v) is 22.8. The molecule has 152 valence electrons. The van der Waals surface area contributed by atoms with Gasteiger partial charge in [0.25, 0.3) is 0 Å². The third-order valence-electron chi connectivity index (χ3n) is 4.02. The molecule has 0 aromatic heterocycles. The fourth-order valence-corrected chi connectivity index (χ4v) is 3.67. The summed E-state index contributed by atoms with van der Waals surface area (Å²) in [6, 6.07) is 12.1. The third-order valence-corrected chi connectivity index (χ3v) is 5.40. The fraction of sp³-hybridized carbons (Fsp3) is 0.111. The van der Waals surface area contributed by atoms with Gasteiger partial charge in [0.1, 0.15) is 5.69 Å². The molecule has 31 heavy (non-hydrogen) atoms. The van der Waals surface area contributed by atoms with Gasteiger partial charge in [-0.2, -0.15) is 13.8 Å². The summed E-state index contributed by atoms with van der Waals surface area (Å²) < 4.78 is 8.80. The van der Waals surface area contributed by atoms with Gasteiger partial charge < -0.3 is 15.6 Å². The van der Waals surface area contributed by atoms with Crippen LogP contribution in [0.2, 0.25) is 0 Å². The number of rotatable bonds is 8. The molecule has 0 radical (unpaired) electrons. The summed E-state index contributed by atoms with van der Waals surface area (Å²) in [6.07, 6.45) is 0. The molecule has 0 aliphatic heterocycles. The third kappa shape index (κ3) is 7.39. The number of nitrogens with zero attached hydrogens (tertiary/aromatic N) is 2. The van der Waals surface area contributed by atoms with Crippen LogP contribution in [0.5, 0.6) is 5.75 Å². The zero-order chi connectivity index (χ0) is 20.8. The molecule has 0 aliphatic carbocycles. The van der Waals surface area contributed by atoms with Crippen molar-refractivity contribution in [2.24, 2.45) is 10.2 Å². The molecule has 0 bridgehead atoms. The molecule has 1 N–H and O–H groups in total. The van der Waals surface area contributed by atoms with Gasteiger partial charge in [-0.25, -0.2) is 0 Å². The van der Waals surface area contributed by atoms with Crippen LogP contribution in [0.3, 0.4) is 0 Å². The maximum absolute atomic E-state index is 10.6. The van der Waals surface area contributed by atoms with E-state index in [4.69, 9.17) is 0 Å². The second-order valence-corrected chi connectivity index (χ2v) is 7.32. The van der Waals surface area contributed by atoms with Crippen molar-refractivity contribution in [1.29, 1.82) is 0 Å². The van der Waals surface area contributed by atoms with E-state index >= 15 is 0 Å². The van der Waals surface area contributed by atoms with E-state index in [9.17, 15) is 15.6 Å². The smallest absolute Gasteiger partial charge is 0.691 e. The second kappa shape index (κ2) is 14.1. The monoisotopic (exact) mass is 480 g/mol. The molecule has 3 aromatic rings. The van der Waals surface area contributed by atoms with Crippen molar-refractivity contribution in [1.82, 2.24) is 0 Å². The van der Waals surface area contributed by atoms with Crippen molar-refractivity contribution in [3.8, 4) is 5.75 Å². The first-order valence-corrected chi connectivity index (χ1v) is 9.57. The number of hydrogen-bond donors (Lipinski definition) is 1. The topological polar surface area (TPSA) is 128 Å². The number of aromatic hydroxyl groups is 1. The van der Waals surface area contributed by atoms with E-state index in [1.165, 1.54) is 6.07 Å². The number of phenols is 1. The number of benzene rings is 3. The summed E-state index contributed by atoms with van der Waals surface area (Å²) in [5.74, 6) is -0.0702. The summed E-state index contributed by atoms with van der Waals surface area (Å²) in [5.41, 5.74) is 2.38. The predicted octanol–water partition coefficient (Wildman–Crippen LogP) is -1.95. The van der Waals surface area contributed by atoms with Crippen molar-refractivity contribution < 1.29 is 93.5 Å². The van der Waals surface area contributed by atoms with Crippen molar-refractivity contribution in [2.75, 3.05) is 0 Å². The van der Waals surface area contributed by atoms with Gasteiger partial charge in [-0.05, 0) is 37.1 Å². The quantitative estimate of drug-likeness (QED) is 0.129. The molecule has 0 unspecified atom stereocenters. The molecule has 3 rings (SSSR count). The summed E-state index contributed by atoms with van der Waals surface area (Å²) in [5, 5.41) is 47.2. The maximum atomic E-state index is 10.6. The van der Waals surface area contributed by atoms with Gasteiger partial charge in [0.05, 0.1) is 29.8 Å². The van der Waals surface area contributed by atoms with Gasteiger partial charge in [-0.15, -0.1) is 5.11 Å². The molecule has 13 heteroatoms. The van der Waals surface area contributed by atoms with E-state index in [1.54, 1.807) is 30.3 Å². The van der Waals surface area contributed by atoms with Crippen LogP contribution in [0.25, 0.3) is 10.8 Å². The number of hydrogen-bond acceptors (Lipinski definition) is 11. The largest absolute Gasteiger partial charge is 1.00 e. The Labute approximate surface area is 230 Å². The first-order chi connectivity index (χ1) is 14.0. The van der Waals surface area contributed by atoms with Crippen molar-refractivity contribution in [3.05, 3.63) is 53.6 Å². The van der Waals surface area contributed by atoms with Gasteiger partial charge >= 0.3 is 59.1 Å². The first-order valence-electron chi connectivity index (χ1n) is 8.09. The average Bonchev–Trinajstić information content (AvgIpc) is 2.73. The Morgan fingerprint density at radius 2 is 1.32 bits per heavy atom. The number of aryl methyl sites for hydroxylation is 2. The molecule has 3 aromatic carbocycles. The SMILES string of the molecule is Cc1cc(C)c(SOO[O-])cc1N=Nc1cc(SOO[O-])c2ccccc2c1O.[Na+].[Na+]. The Kier molecular flexibility index (Phi) is 13.1. The maximum Gasteiger partial charge on any atom is 1.00 e. The van der Waals surface area contributed by atoms with Crippen LogP contribution in [0.15, 0.2) is 62.5 Å². The number of fused-ring (bicyclic) bond motifs is 1. The van der Waals surface area contributed by atoms with Crippen molar-refractivity contribution >= 4 is 46.2 Å². The summed E-state index contributed by atoms with van der Waals surface area (Å²) >= 11 is 1.46. The summed E-state index contributed by atoms with van der Waals surface area (Å²) in [7, 11) is 0. The Morgan fingerprint density at radius 1 is 0.774 bits per heavy atom. The summed E-state index contributed by atoms with van der Waals surface area (Å²) in [6.45, 7) is 3.70. The molecule has 0 atom stereocenters. The van der Waals surface area contributed by atoms with Crippen LogP contribution in [-0.4, -0.2) is 5.11 Å². The first kappa shape index (κ1) is 28.8. The van der Waals surface area contributed by atoms with E-state index in [2.05, 4.69) is 29.0 Å². The van der Waals surface area contributed by atoms with E-state index in [0.717, 1.165) is 23.2 Å². The van der Waals surface area contributed by atoms with Crippen LogP contribution < -0.4 is 69.6 Å². The Balaban J connectivity index is 0.00000240. The van der Waals surface area contributed by atoms with E-state index < -0.39 is 0 Å². The van der Waals surface area contributed by atoms with Crippen molar-refractivity contribution in [2.45, 2.75) is 23.6 Å². The molecular formula is C18H14N2Na2O7S2. The van der Waals surface area contributed by atoms with Crippen LogP contribution in [0.4, 0.5) is 11.4 Å². The average molecular weight is 480 g/mol. The number of azo groups is 1. The molecule has 0 saturated heterocycles. The number of phenolic OH excluding ortho intramolecular Hbond substituents is 1.